The minimum atomic E-state index is 0.556. The van der Waals surface area contributed by atoms with Gasteiger partial charge < -0.3 is 10.2 Å². The van der Waals surface area contributed by atoms with Gasteiger partial charge >= 0.3 is 0 Å². The molecule has 4 rings (SSSR count). The van der Waals surface area contributed by atoms with E-state index < -0.39 is 0 Å². The van der Waals surface area contributed by atoms with Gasteiger partial charge in [-0.2, -0.15) is 5.26 Å². The van der Waals surface area contributed by atoms with E-state index in [9.17, 15) is 0 Å². The van der Waals surface area contributed by atoms with Crippen LogP contribution in [-0.2, 0) is 6.54 Å². The summed E-state index contributed by atoms with van der Waals surface area (Å²) in [5.74, 6) is 0.710. The minimum absolute atomic E-state index is 0.556. The highest BCUT2D eigenvalue weighted by molar-refractivity contribution is 5.47. The van der Waals surface area contributed by atoms with Crippen molar-refractivity contribution in [3.05, 3.63) is 65.2 Å². The number of piperidine rings is 2. The van der Waals surface area contributed by atoms with E-state index in [-0.39, 0.29) is 0 Å². The Bertz CT molecular complexity index is 823. The number of rotatable bonds is 5. The Hall–Kier alpha value is -2.35. The van der Waals surface area contributed by atoms with Crippen molar-refractivity contribution in [1.82, 2.24) is 9.80 Å². The van der Waals surface area contributed by atoms with Crippen molar-refractivity contribution in [2.45, 2.75) is 44.2 Å². The molecule has 0 bridgehead atoms. The van der Waals surface area contributed by atoms with Crippen LogP contribution < -0.4 is 5.32 Å². The fourth-order valence-electron chi connectivity index (χ4n) is 4.64. The summed E-state index contributed by atoms with van der Waals surface area (Å²) in [6.45, 7) is 5.63. The molecule has 0 atom stereocenters. The summed E-state index contributed by atoms with van der Waals surface area (Å²) in [5.41, 5.74) is 4.81. The van der Waals surface area contributed by atoms with E-state index in [4.69, 9.17) is 5.26 Å². The van der Waals surface area contributed by atoms with Crippen LogP contribution in [0.1, 0.15) is 48.3 Å². The summed E-state index contributed by atoms with van der Waals surface area (Å²) in [5, 5.41) is 12.7. The van der Waals surface area contributed by atoms with Gasteiger partial charge in [0.15, 0.2) is 0 Å². The topological polar surface area (TPSA) is 42.3 Å². The number of hydrogen-bond donors (Lipinski definition) is 1. The minimum Gasteiger partial charge on any atom is -0.382 e. The molecule has 0 amide bonds. The molecule has 1 N–H and O–H groups in total. The fourth-order valence-corrected chi connectivity index (χ4v) is 4.64. The second-order valence-electron chi connectivity index (χ2n) is 8.71. The van der Waals surface area contributed by atoms with E-state index in [1.54, 1.807) is 0 Å². The summed E-state index contributed by atoms with van der Waals surface area (Å²) in [6.07, 6.45) is 4.89. The Labute approximate surface area is 175 Å². The van der Waals surface area contributed by atoms with Crippen molar-refractivity contribution in [1.29, 1.82) is 5.26 Å². The third-order valence-electron chi connectivity index (χ3n) is 6.52. The van der Waals surface area contributed by atoms with Crippen molar-refractivity contribution in [3.8, 4) is 6.07 Å². The Morgan fingerprint density at radius 3 is 2.38 bits per heavy atom. The summed E-state index contributed by atoms with van der Waals surface area (Å²) in [4.78, 5) is 4.96. The summed E-state index contributed by atoms with van der Waals surface area (Å²) in [7, 11) is 2.22. The van der Waals surface area contributed by atoms with Crippen LogP contribution >= 0.6 is 0 Å². The van der Waals surface area contributed by atoms with Crippen LogP contribution in [0.15, 0.2) is 48.5 Å². The van der Waals surface area contributed by atoms with E-state index in [1.807, 2.05) is 12.1 Å². The van der Waals surface area contributed by atoms with E-state index in [0.717, 1.165) is 25.2 Å². The van der Waals surface area contributed by atoms with Crippen molar-refractivity contribution in [2.24, 2.45) is 0 Å². The molecule has 152 valence electrons. The van der Waals surface area contributed by atoms with Gasteiger partial charge in [-0.25, -0.2) is 0 Å². The normalized spacial score (nSPS) is 19.7. The van der Waals surface area contributed by atoms with E-state index >= 15 is 0 Å². The predicted octanol–water partition coefficient (Wildman–Crippen LogP) is 4.44. The number of likely N-dealkylation sites (tertiary alicyclic amines) is 2. The first-order valence-corrected chi connectivity index (χ1v) is 11.0. The number of nitrogens with zero attached hydrogens (tertiary/aromatic N) is 3. The van der Waals surface area contributed by atoms with Crippen molar-refractivity contribution in [2.75, 3.05) is 38.5 Å². The highest BCUT2D eigenvalue weighted by Gasteiger charge is 2.21. The lowest BCUT2D eigenvalue weighted by Gasteiger charge is -2.33. The molecule has 0 saturated carbocycles. The van der Waals surface area contributed by atoms with Crippen LogP contribution in [-0.4, -0.2) is 49.1 Å². The average Bonchev–Trinajstić information content (AvgIpc) is 2.76. The summed E-state index contributed by atoms with van der Waals surface area (Å²) < 4.78 is 0. The third kappa shape index (κ3) is 5.38. The molecule has 0 unspecified atom stereocenters. The number of nitrogens with one attached hydrogen (secondary N) is 1. The quantitative estimate of drug-likeness (QED) is 0.822. The van der Waals surface area contributed by atoms with Gasteiger partial charge in [0.05, 0.1) is 11.6 Å². The Balaban J connectivity index is 1.27. The predicted molar refractivity (Wildman–Crippen MR) is 119 cm³/mol. The number of hydrogen-bond acceptors (Lipinski definition) is 4. The Kier molecular flexibility index (Phi) is 6.49. The van der Waals surface area contributed by atoms with Crippen LogP contribution in [0.3, 0.4) is 0 Å². The van der Waals surface area contributed by atoms with Gasteiger partial charge in [0, 0.05) is 31.4 Å². The van der Waals surface area contributed by atoms with E-state index in [0.29, 0.717) is 12.0 Å². The number of anilines is 1. The highest BCUT2D eigenvalue weighted by Crippen LogP contribution is 2.29. The molecule has 0 spiro atoms. The SMILES string of the molecule is CN1CCC(c2cccc(NC3CCN(Cc4ccc(C#N)cc4)CC3)c2)CC1. The maximum absolute atomic E-state index is 8.93. The molecule has 2 aromatic carbocycles. The van der Waals surface area contributed by atoms with Crippen molar-refractivity contribution >= 4 is 5.69 Å². The molecule has 2 aliphatic heterocycles. The smallest absolute Gasteiger partial charge is 0.0991 e. The van der Waals surface area contributed by atoms with Gasteiger partial charge in [-0.1, -0.05) is 24.3 Å². The molecule has 4 nitrogen and oxygen atoms in total. The van der Waals surface area contributed by atoms with E-state index in [2.05, 4.69) is 64.6 Å². The zero-order chi connectivity index (χ0) is 20.1. The Morgan fingerprint density at radius 1 is 0.966 bits per heavy atom. The van der Waals surface area contributed by atoms with Crippen LogP contribution in [0, 0.1) is 11.3 Å². The first kappa shape index (κ1) is 19.9. The van der Waals surface area contributed by atoms with Crippen molar-refractivity contribution in [3.63, 3.8) is 0 Å². The molecule has 29 heavy (non-hydrogen) atoms. The van der Waals surface area contributed by atoms with Gasteiger partial charge in [0.2, 0.25) is 0 Å². The Morgan fingerprint density at radius 2 is 1.69 bits per heavy atom. The first-order chi connectivity index (χ1) is 14.2. The summed E-state index contributed by atoms with van der Waals surface area (Å²) >= 11 is 0. The zero-order valence-corrected chi connectivity index (χ0v) is 17.5. The van der Waals surface area contributed by atoms with Gasteiger partial charge in [-0.15, -0.1) is 0 Å². The van der Waals surface area contributed by atoms with Crippen LogP contribution in [0.25, 0.3) is 0 Å². The monoisotopic (exact) mass is 388 g/mol. The second kappa shape index (κ2) is 9.43. The molecule has 0 aliphatic carbocycles. The zero-order valence-electron chi connectivity index (χ0n) is 17.5. The van der Waals surface area contributed by atoms with Crippen LogP contribution in [0.2, 0.25) is 0 Å². The molecule has 0 aromatic heterocycles. The number of nitriles is 1. The first-order valence-electron chi connectivity index (χ1n) is 11.0. The maximum Gasteiger partial charge on any atom is 0.0991 e. The van der Waals surface area contributed by atoms with Gasteiger partial charge in [0.1, 0.15) is 0 Å². The molecular weight excluding hydrogens is 356 g/mol. The molecular formula is C25H32N4. The fraction of sp³-hybridized carbons (Fsp3) is 0.480. The molecule has 2 aliphatic rings. The molecule has 2 heterocycles. The van der Waals surface area contributed by atoms with Gasteiger partial charge in [-0.05, 0) is 87.1 Å². The number of benzene rings is 2. The summed E-state index contributed by atoms with van der Waals surface area (Å²) in [6, 6.07) is 19.9. The standard InChI is InChI=1S/C25H32N4/c1-28-13-9-22(10-14-28)23-3-2-4-25(17-23)27-24-11-15-29(16-12-24)19-21-7-5-20(18-26)6-8-21/h2-8,17,22,24,27H,9-16,19H2,1H3. The van der Waals surface area contributed by atoms with Crippen molar-refractivity contribution < 1.29 is 0 Å². The lowest BCUT2D eigenvalue weighted by Crippen LogP contribution is -2.38. The lowest BCUT2D eigenvalue weighted by atomic mass is 9.89. The van der Waals surface area contributed by atoms with Gasteiger partial charge in [-0.3, -0.25) is 4.90 Å². The lowest BCUT2D eigenvalue weighted by molar-refractivity contribution is 0.211. The van der Waals surface area contributed by atoms with E-state index in [1.165, 1.54) is 55.6 Å². The molecule has 2 fully saturated rings. The highest BCUT2D eigenvalue weighted by atomic mass is 15.1. The van der Waals surface area contributed by atoms with Gasteiger partial charge in [0.25, 0.3) is 0 Å². The molecule has 4 heteroatoms. The van der Waals surface area contributed by atoms with Crippen LogP contribution in [0.4, 0.5) is 5.69 Å². The largest absolute Gasteiger partial charge is 0.382 e. The molecule has 2 saturated heterocycles. The average molecular weight is 389 g/mol. The van der Waals surface area contributed by atoms with Crippen LogP contribution in [0.5, 0.6) is 0 Å². The maximum atomic E-state index is 8.93. The second-order valence-corrected chi connectivity index (χ2v) is 8.71. The molecule has 2 aromatic rings. The molecule has 0 radical (unpaired) electrons. The third-order valence-corrected chi connectivity index (χ3v) is 6.52.